The monoisotopic (exact) mass is 294 g/mol. The zero-order valence-corrected chi connectivity index (χ0v) is 13.0. The largest absolute Gasteiger partial charge is 0.367 e. The van der Waals surface area contributed by atoms with E-state index in [1.54, 1.807) is 24.3 Å². The van der Waals surface area contributed by atoms with E-state index < -0.39 is 6.10 Å². The fraction of sp³-hybridized carbons (Fsp3) is 0.588. The third-order valence-corrected chi connectivity index (χ3v) is 4.42. The minimum atomic E-state index is -0.394. The normalized spacial score (nSPS) is 24.4. The Morgan fingerprint density at radius 3 is 2.95 bits per heavy atom. The summed E-state index contributed by atoms with van der Waals surface area (Å²) in [5.41, 5.74) is 0.632. The van der Waals surface area contributed by atoms with Crippen molar-refractivity contribution in [3.8, 4) is 0 Å². The van der Waals surface area contributed by atoms with Gasteiger partial charge in [0.25, 0.3) is 0 Å². The zero-order valence-electron chi connectivity index (χ0n) is 12.3. The molecule has 1 aliphatic rings. The molecule has 0 aliphatic heterocycles. The quantitative estimate of drug-likeness (QED) is 0.722. The van der Waals surface area contributed by atoms with Crippen molar-refractivity contribution in [2.45, 2.75) is 58.2 Å². The van der Waals surface area contributed by atoms with Crippen LogP contribution in [0.5, 0.6) is 0 Å². The molecule has 0 aromatic heterocycles. The van der Waals surface area contributed by atoms with Gasteiger partial charge in [-0.05, 0) is 37.8 Å². The van der Waals surface area contributed by atoms with Gasteiger partial charge < -0.3 is 4.74 Å². The van der Waals surface area contributed by atoms with Gasteiger partial charge in [-0.2, -0.15) is 0 Å². The van der Waals surface area contributed by atoms with Crippen molar-refractivity contribution in [2.75, 3.05) is 0 Å². The van der Waals surface area contributed by atoms with Gasteiger partial charge in [0.1, 0.15) is 6.10 Å². The Labute approximate surface area is 126 Å². The Bertz CT molecular complexity index is 458. The van der Waals surface area contributed by atoms with E-state index in [0.717, 1.165) is 18.8 Å². The fourth-order valence-electron chi connectivity index (χ4n) is 2.96. The number of carbonyl (C=O) groups excluding carboxylic acids is 1. The van der Waals surface area contributed by atoms with Crippen LogP contribution >= 0.6 is 11.6 Å². The molecular weight excluding hydrogens is 272 g/mol. The van der Waals surface area contributed by atoms with E-state index in [9.17, 15) is 4.79 Å². The molecule has 0 amide bonds. The molecule has 0 bridgehead atoms. The number of Topliss-reactive ketones (excluding diaryl/α,β-unsaturated/α-hetero) is 1. The van der Waals surface area contributed by atoms with Crippen LogP contribution in [0.15, 0.2) is 24.3 Å². The van der Waals surface area contributed by atoms with Gasteiger partial charge in [0.05, 0.1) is 6.10 Å². The first-order chi connectivity index (χ1) is 9.60. The number of halogens is 1. The van der Waals surface area contributed by atoms with E-state index in [0.29, 0.717) is 10.6 Å². The number of hydrogen-bond donors (Lipinski definition) is 0. The van der Waals surface area contributed by atoms with Gasteiger partial charge >= 0.3 is 0 Å². The molecule has 110 valence electrons. The molecule has 0 spiro atoms. The molecule has 1 aliphatic carbocycles. The average Bonchev–Trinajstić information content (AvgIpc) is 2.46. The molecule has 0 N–H and O–H groups in total. The fourth-order valence-corrected chi connectivity index (χ4v) is 3.15. The summed E-state index contributed by atoms with van der Waals surface area (Å²) in [7, 11) is 0. The summed E-state index contributed by atoms with van der Waals surface area (Å²) in [4.78, 5) is 12.3. The number of hydrogen-bond acceptors (Lipinski definition) is 2. The molecule has 2 rings (SSSR count). The lowest BCUT2D eigenvalue weighted by Crippen LogP contribution is -2.30. The molecule has 0 heterocycles. The summed E-state index contributed by atoms with van der Waals surface area (Å²) in [5.74, 6) is 0.772. The van der Waals surface area contributed by atoms with Gasteiger partial charge in [-0.25, -0.2) is 0 Å². The summed E-state index contributed by atoms with van der Waals surface area (Å²) in [6.07, 6.45) is 5.71. The highest BCUT2D eigenvalue weighted by Gasteiger charge is 2.25. The first-order valence-corrected chi connectivity index (χ1v) is 7.93. The van der Waals surface area contributed by atoms with Crippen molar-refractivity contribution in [2.24, 2.45) is 5.92 Å². The minimum absolute atomic E-state index is 0.0196. The van der Waals surface area contributed by atoms with Crippen LogP contribution in [0.2, 0.25) is 5.02 Å². The third-order valence-electron chi connectivity index (χ3n) is 4.19. The van der Waals surface area contributed by atoms with Crippen molar-refractivity contribution in [1.29, 1.82) is 0 Å². The maximum absolute atomic E-state index is 12.3. The van der Waals surface area contributed by atoms with Crippen LogP contribution in [0.1, 0.15) is 56.3 Å². The molecule has 1 saturated carbocycles. The Hall–Kier alpha value is -0.860. The molecule has 0 radical (unpaired) electrons. The van der Waals surface area contributed by atoms with Gasteiger partial charge in [0, 0.05) is 10.6 Å². The summed E-state index contributed by atoms with van der Waals surface area (Å²) in [5, 5.41) is 0.590. The molecule has 1 aromatic rings. The highest BCUT2D eigenvalue weighted by atomic mass is 35.5. The first-order valence-electron chi connectivity index (χ1n) is 7.55. The molecular formula is C17H23ClO2. The van der Waals surface area contributed by atoms with Crippen molar-refractivity contribution in [1.82, 2.24) is 0 Å². The standard InChI is InChI=1S/C17H23ClO2/c1-3-13-6-4-9-16(10-13)20-12(2)17(19)14-7-5-8-15(18)11-14/h5,7-8,11-13,16H,3-4,6,9-10H2,1-2H3. The molecule has 3 atom stereocenters. The number of ether oxygens (including phenoxy) is 1. The number of ketones is 1. The maximum atomic E-state index is 12.3. The Kier molecular flexibility index (Phi) is 5.62. The lowest BCUT2D eigenvalue weighted by molar-refractivity contribution is -0.0221. The predicted octanol–water partition coefficient (Wildman–Crippen LogP) is 4.90. The van der Waals surface area contributed by atoms with E-state index in [1.807, 2.05) is 6.92 Å². The van der Waals surface area contributed by atoms with Crippen molar-refractivity contribution in [3.63, 3.8) is 0 Å². The highest BCUT2D eigenvalue weighted by Crippen LogP contribution is 2.29. The van der Waals surface area contributed by atoms with Gasteiger partial charge in [-0.15, -0.1) is 0 Å². The van der Waals surface area contributed by atoms with Crippen LogP contribution in [-0.4, -0.2) is 18.0 Å². The molecule has 20 heavy (non-hydrogen) atoms. The minimum Gasteiger partial charge on any atom is -0.367 e. The second kappa shape index (κ2) is 7.24. The Morgan fingerprint density at radius 2 is 2.25 bits per heavy atom. The summed E-state index contributed by atoms with van der Waals surface area (Å²) < 4.78 is 5.99. The van der Waals surface area contributed by atoms with Crippen LogP contribution in [0.3, 0.4) is 0 Å². The number of rotatable bonds is 5. The number of carbonyl (C=O) groups is 1. The van der Waals surface area contributed by atoms with Crippen molar-refractivity contribution < 1.29 is 9.53 Å². The topological polar surface area (TPSA) is 26.3 Å². The molecule has 0 saturated heterocycles. The smallest absolute Gasteiger partial charge is 0.191 e. The second-order valence-corrected chi connectivity index (χ2v) is 6.15. The molecule has 3 unspecified atom stereocenters. The van der Waals surface area contributed by atoms with Crippen molar-refractivity contribution in [3.05, 3.63) is 34.9 Å². The molecule has 1 aromatic carbocycles. The van der Waals surface area contributed by atoms with Gasteiger partial charge in [-0.1, -0.05) is 49.9 Å². The zero-order chi connectivity index (χ0) is 14.5. The van der Waals surface area contributed by atoms with Crippen LogP contribution in [0.4, 0.5) is 0 Å². The van der Waals surface area contributed by atoms with E-state index in [1.165, 1.54) is 19.3 Å². The lowest BCUT2D eigenvalue weighted by atomic mass is 9.85. The SMILES string of the molecule is CCC1CCCC(OC(C)C(=O)c2cccc(Cl)c2)C1. The summed E-state index contributed by atoms with van der Waals surface area (Å²) in [6.45, 7) is 4.08. The van der Waals surface area contributed by atoms with Crippen LogP contribution in [0, 0.1) is 5.92 Å². The van der Waals surface area contributed by atoms with Gasteiger partial charge in [-0.3, -0.25) is 4.79 Å². The lowest BCUT2D eigenvalue weighted by Gasteiger charge is -2.30. The molecule has 3 heteroatoms. The molecule has 1 fully saturated rings. The molecule has 2 nitrogen and oxygen atoms in total. The Balaban J connectivity index is 1.94. The van der Waals surface area contributed by atoms with E-state index in [2.05, 4.69) is 6.92 Å². The second-order valence-electron chi connectivity index (χ2n) is 5.72. The average molecular weight is 295 g/mol. The van der Waals surface area contributed by atoms with Crippen LogP contribution in [-0.2, 0) is 4.74 Å². The van der Waals surface area contributed by atoms with E-state index in [4.69, 9.17) is 16.3 Å². The van der Waals surface area contributed by atoms with Crippen molar-refractivity contribution >= 4 is 17.4 Å². The van der Waals surface area contributed by atoms with Gasteiger partial charge in [0.15, 0.2) is 5.78 Å². The Morgan fingerprint density at radius 1 is 1.45 bits per heavy atom. The summed E-state index contributed by atoms with van der Waals surface area (Å²) >= 11 is 5.93. The number of benzene rings is 1. The van der Waals surface area contributed by atoms with Crippen LogP contribution in [0.25, 0.3) is 0 Å². The summed E-state index contributed by atoms with van der Waals surface area (Å²) in [6, 6.07) is 7.08. The van der Waals surface area contributed by atoms with E-state index >= 15 is 0 Å². The predicted molar refractivity (Wildman–Crippen MR) is 82.4 cm³/mol. The third kappa shape index (κ3) is 4.07. The van der Waals surface area contributed by atoms with Crippen LogP contribution < -0.4 is 0 Å². The highest BCUT2D eigenvalue weighted by molar-refractivity contribution is 6.31. The van der Waals surface area contributed by atoms with Gasteiger partial charge in [0.2, 0.25) is 0 Å². The maximum Gasteiger partial charge on any atom is 0.191 e. The first kappa shape index (κ1) is 15.5. The van der Waals surface area contributed by atoms with E-state index in [-0.39, 0.29) is 11.9 Å².